The number of rotatable bonds is 2. The second kappa shape index (κ2) is 4.34. The summed E-state index contributed by atoms with van der Waals surface area (Å²) in [5.41, 5.74) is 1.49. The van der Waals surface area contributed by atoms with E-state index in [0.717, 1.165) is 12.0 Å². The first kappa shape index (κ1) is 13.7. The van der Waals surface area contributed by atoms with Crippen molar-refractivity contribution in [2.75, 3.05) is 13.6 Å². The Balaban J connectivity index is 1.64. The molecule has 0 radical (unpaired) electrons. The zero-order valence-electron chi connectivity index (χ0n) is 12.6. The van der Waals surface area contributed by atoms with Crippen LogP contribution in [0.1, 0.15) is 33.1 Å². The lowest BCUT2D eigenvalue weighted by Gasteiger charge is -2.60. The number of carbonyl (C=O) groups excluding carboxylic acids is 2. The number of hydrogen-bond acceptors (Lipinski definition) is 2. The highest BCUT2D eigenvalue weighted by Crippen LogP contribution is 2.60. The fraction of sp³-hybridized carbons (Fsp3) is 0.750. The molecule has 4 nitrogen and oxygen atoms in total. The molecule has 2 bridgehead atoms. The molecular weight excluding hydrogens is 252 g/mol. The monoisotopic (exact) mass is 276 g/mol. The average molecular weight is 276 g/mol. The van der Waals surface area contributed by atoms with E-state index in [1.54, 1.807) is 11.9 Å². The predicted octanol–water partition coefficient (Wildman–Crippen LogP) is 1.57. The first-order chi connectivity index (χ1) is 9.32. The van der Waals surface area contributed by atoms with E-state index < -0.39 is 5.92 Å². The van der Waals surface area contributed by atoms with Gasteiger partial charge >= 0.3 is 0 Å². The molecule has 4 atom stereocenters. The lowest BCUT2D eigenvalue weighted by atomic mass is 9.46. The zero-order valence-corrected chi connectivity index (χ0v) is 12.6. The smallest absolute Gasteiger partial charge is 0.234 e. The van der Waals surface area contributed by atoms with Crippen molar-refractivity contribution in [3.05, 3.63) is 12.2 Å². The summed E-state index contributed by atoms with van der Waals surface area (Å²) in [5.74, 6) is 0.553. The Kier molecular flexibility index (Phi) is 2.96. The summed E-state index contributed by atoms with van der Waals surface area (Å²) in [7, 11) is 1.76. The summed E-state index contributed by atoms with van der Waals surface area (Å²) in [5, 5.41) is 3.07. The molecule has 1 heterocycles. The molecule has 2 amide bonds. The van der Waals surface area contributed by atoms with Crippen molar-refractivity contribution in [2.45, 2.75) is 39.2 Å². The third-order valence-corrected chi connectivity index (χ3v) is 5.95. The van der Waals surface area contributed by atoms with Gasteiger partial charge in [-0.2, -0.15) is 0 Å². The predicted molar refractivity (Wildman–Crippen MR) is 76.8 cm³/mol. The van der Waals surface area contributed by atoms with Gasteiger partial charge in [0.05, 0.1) is 6.04 Å². The molecule has 0 aromatic heterocycles. The van der Waals surface area contributed by atoms with Gasteiger partial charge in [-0.3, -0.25) is 9.59 Å². The van der Waals surface area contributed by atoms with Gasteiger partial charge in [0.2, 0.25) is 11.8 Å². The van der Waals surface area contributed by atoms with Crippen LogP contribution in [0.2, 0.25) is 0 Å². The molecular formula is C16H24N2O2. The molecule has 20 heavy (non-hydrogen) atoms. The maximum Gasteiger partial charge on any atom is 0.234 e. The van der Waals surface area contributed by atoms with Gasteiger partial charge in [0.25, 0.3) is 0 Å². The second-order valence-corrected chi connectivity index (χ2v) is 7.28. The summed E-state index contributed by atoms with van der Waals surface area (Å²) >= 11 is 0. The molecule has 4 fully saturated rings. The number of hydrogen-bond donors (Lipinski definition) is 1. The molecule has 4 aliphatic rings. The quantitative estimate of drug-likeness (QED) is 0.615. The average Bonchev–Trinajstić information content (AvgIpc) is 2.71. The van der Waals surface area contributed by atoms with Crippen LogP contribution < -0.4 is 5.32 Å². The molecule has 1 saturated heterocycles. The van der Waals surface area contributed by atoms with Crippen LogP contribution in [0.4, 0.5) is 0 Å². The SMILES string of the molecule is C=C1C(NC(=O)C2CCN(C)C2=O)C[C@H]2C[C@@H]1C2(C)C. The van der Waals surface area contributed by atoms with E-state index in [1.807, 2.05) is 0 Å². The van der Waals surface area contributed by atoms with Crippen LogP contribution >= 0.6 is 0 Å². The minimum absolute atomic E-state index is 0.0468. The van der Waals surface area contributed by atoms with Crippen molar-refractivity contribution in [3.63, 3.8) is 0 Å². The minimum Gasteiger partial charge on any atom is -0.349 e. The summed E-state index contributed by atoms with van der Waals surface area (Å²) in [6.45, 7) is 9.49. The van der Waals surface area contributed by atoms with Crippen molar-refractivity contribution in [1.82, 2.24) is 10.2 Å². The maximum atomic E-state index is 12.3. The first-order valence-corrected chi connectivity index (χ1v) is 7.56. The molecule has 0 aromatic carbocycles. The Morgan fingerprint density at radius 1 is 1.40 bits per heavy atom. The summed E-state index contributed by atoms with van der Waals surface area (Å²) in [4.78, 5) is 25.8. The fourth-order valence-electron chi connectivity index (χ4n) is 4.21. The number of amides is 2. The van der Waals surface area contributed by atoms with Crippen LogP contribution in [0, 0.1) is 23.2 Å². The van der Waals surface area contributed by atoms with Crippen molar-refractivity contribution < 1.29 is 9.59 Å². The van der Waals surface area contributed by atoms with Gasteiger partial charge in [0.15, 0.2) is 0 Å². The van der Waals surface area contributed by atoms with Crippen LogP contribution in [0.5, 0.6) is 0 Å². The normalized spacial score (nSPS) is 38.6. The van der Waals surface area contributed by atoms with Gasteiger partial charge in [-0.25, -0.2) is 0 Å². The Hall–Kier alpha value is -1.32. The molecule has 3 saturated carbocycles. The van der Waals surface area contributed by atoms with Gasteiger partial charge in [-0.05, 0) is 36.5 Å². The number of carbonyl (C=O) groups is 2. The van der Waals surface area contributed by atoms with Crippen molar-refractivity contribution >= 4 is 11.8 Å². The Labute approximate surface area is 120 Å². The van der Waals surface area contributed by atoms with Crippen LogP contribution in [0.3, 0.4) is 0 Å². The fourth-order valence-corrected chi connectivity index (χ4v) is 4.21. The summed E-state index contributed by atoms with van der Waals surface area (Å²) in [6.07, 6.45) is 2.83. The molecule has 0 spiro atoms. The summed E-state index contributed by atoms with van der Waals surface area (Å²) < 4.78 is 0. The highest BCUT2D eigenvalue weighted by Gasteiger charge is 2.55. The molecule has 4 rings (SSSR count). The Morgan fingerprint density at radius 2 is 2.10 bits per heavy atom. The number of fused-ring (bicyclic) bond motifs is 2. The van der Waals surface area contributed by atoms with E-state index >= 15 is 0 Å². The van der Waals surface area contributed by atoms with Crippen molar-refractivity contribution in [2.24, 2.45) is 23.2 Å². The highest BCUT2D eigenvalue weighted by molar-refractivity contribution is 6.01. The molecule has 1 N–H and O–H groups in total. The Bertz CT molecular complexity index is 483. The van der Waals surface area contributed by atoms with E-state index in [9.17, 15) is 9.59 Å². The topological polar surface area (TPSA) is 49.4 Å². The maximum absolute atomic E-state index is 12.3. The van der Waals surface area contributed by atoms with Gasteiger partial charge in [-0.15, -0.1) is 0 Å². The van der Waals surface area contributed by atoms with E-state index in [4.69, 9.17) is 0 Å². The lowest BCUT2D eigenvalue weighted by Crippen LogP contribution is -2.58. The molecule has 1 aliphatic heterocycles. The van der Waals surface area contributed by atoms with Gasteiger partial charge in [0.1, 0.15) is 5.92 Å². The molecule has 2 unspecified atom stereocenters. The molecule has 3 aliphatic carbocycles. The van der Waals surface area contributed by atoms with Gasteiger partial charge in [0, 0.05) is 13.6 Å². The second-order valence-electron chi connectivity index (χ2n) is 7.28. The van der Waals surface area contributed by atoms with E-state index in [0.29, 0.717) is 30.2 Å². The van der Waals surface area contributed by atoms with E-state index in [-0.39, 0.29) is 17.9 Å². The standard InChI is InChI=1S/C16H24N2O2/c1-9-12-7-10(16(12,2)3)8-13(9)17-14(19)11-5-6-18(4)15(11)20/h10-13H,1,5-8H2,2-4H3,(H,17,19)/t10-,11?,12+,13?/m1/s1. The molecule has 4 heteroatoms. The largest absolute Gasteiger partial charge is 0.349 e. The summed E-state index contributed by atoms with van der Waals surface area (Å²) in [6, 6.07) is 0.0676. The number of nitrogens with zero attached hydrogens (tertiary/aromatic N) is 1. The van der Waals surface area contributed by atoms with E-state index in [1.165, 1.54) is 6.42 Å². The van der Waals surface area contributed by atoms with Crippen LogP contribution in [-0.2, 0) is 9.59 Å². The number of nitrogens with one attached hydrogen (secondary N) is 1. The van der Waals surface area contributed by atoms with Gasteiger partial charge < -0.3 is 10.2 Å². The lowest BCUT2D eigenvalue weighted by molar-refractivity contribution is -0.137. The first-order valence-electron chi connectivity index (χ1n) is 7.56. The highest BCUT2D eigenvalue weighted by atomic mass is 16.2. The van der Waals surface area contributed by atoms with Gasteiger partial charge in [-0.1, -0.05) is 26.0 Å². The van der Waals surface area contributed by atoms with Crippen LogP contribution in [-0.4, -0.2) is 36.3 Å². The third-order valence-electron chi connectivity index (χ3n) is 5.95. The van der Waals surface area contributed by atoms with Crippen molar-refractivity contribution in [1.29, 1.82) is 0 Å². The third kappa shape index (κ3) is 1.80. The van der Waals surface area contributed by atoms with Crippen LogP contribution in [0.15, 0.2) is 12.2 Å². The van der Waals surface area contributed by atoms with Crippen molar-refractivity contribution in [3.8, 4) is 0 Å². The number of likely N-dealkylation sites (tertiary alicyclic amines) is 1. The Morgan fingerprint density at radius 3 is 2.60 bits per heavy atom. The van der Waals surface area contributed by atoms with E-state index in [2.05, 4.69) is 25.7 Å². The molecule has 0 aromatic rings. The minimum atomic E-state index is -0.487. The molecule has 110 valence electrons. The zero-order chi connectivity index (χ0) is 14.7. The van der Waals surface area contributed by atoms with Crippen LogP contribution in [0.25, 0.3) is 0 Å².